The van der Waals surface area contributed by atoms with Crippen LogP contribution in [0.15, 0.2) is 46.9 Å². The molecule has 2 rings (SSSR count). The van der Waals surface area contributed by atoms with Gasteiger partial charge in [0.05, 0.1) is 5.02 Å². The van der Waals surface area contributed by atoms with Gasteiger partial charge < -0.3 is 5.73 Å². The average molecular weight is 325 g/mol. The Hall–Kier alpha value is -0.830. The van der Waals surface area contributed by atoms with Crippen molar-refractivity contribution in [1.29, 1.82) is 0 Å². The second kappa shape index (κ2) is 5.87. The third-order valence-electron chi connectivity index (χ3n) is 3.07. The van der Waals surface area contributed by atoms with Gasteiger partial charge in [0, 0.05) is 10.5 Å². The van der Waals surface area contributed by atoms with Gasteiger partial charge in [-0.15, -0.1) is 0 Å². The zero-order valence-electron chi connectivity index (χ0n) is 10.2. The molecule has 0 bridgehead atoms. The van der Waals surface area contributed by atoms with E-state index in [0.29, 0.717) is 5.02 Å². The molecular weight excluding hydrogens is 310 g/mol. The maximum atomic E-state index is 6.25. The van der Waals surface area contributed by atoms with Crippen LogP contribution in [0.5, 0.6) is 0 Å². The van der Waals surface area contributed by atoms with E-state index >= 15 is 0 Å². The molecule has 0 amide bonds. The van der Waals surface area contributed by atoms with Gasteiger partial charge in [0.25, 0.3) is 0 Å². The van der Waals surface area contributed by atoms with Crippen LogP contribution in [0, 0.1) is 6.92 Å². The van der Waals surface area contributed by atoms with Crippen molar-refractivity contribution < 1.29 is 0 Å². The van der Waals surface area contributed by atoms with E-state index in [9.17, 15) is 0 Å². The topological polar surface area (TPSA) is 26.0 Å². The van der Waals surface area contributed by atoms with Crippen LogP contribution in [-0.4, -0.2) is 0 Å². The fourth-order valence-corrected chi connectivity index (χ4v) is 2.45. The molecule has 0 saturated heterocycles. The summed E-state index contributed by atoms with van der Waals surface area (Å²) in [5, 5.41) is 0.710. The van der Waals surface area contributed by atoms with Crippen molar-refractivity contribution in [2.75, 3.05) is 0 Å². The number of hydrogen-bond acceptors (Lipinski definition) is 1. The molecule has 0 fully saturated rings. The summed E-state index contributed by atoms with van der Waals surface area (Å²) >= 11 is 9.41. The Kier molecular flexibility index (Phi) is 4.44. The van der Waals surface area contributed by atoms with Crippen LogP contribution in [0.3, 0.4) is 0 Å². The average Bonchev–Trinajstić information content (AvgIpc) is 2.35. The highest BCUT2D eigenvalue weighted by molar-refractivity contribution is 9.10. The van der Waals surface area contributed by atoms with E-state index in [-0.39, 0.29) is 6.04 Å². The zero-order chi connectivity index (χ0) is 13.1. The quantitative estimate of drug-likeness (QED) is 0.873. The standard InChI is InChI=1S/C15H15BrClN/c1-10-4-2-3-5-11(10)9-15(18)12-6-7-14(17)13(16)8-12/h2-8,15H,9,18H2,1H3. The fraction of sp³-hybridized carbons (Fsp3) is 0.200. The second-order valence-electron chi connectivity index (χ2n) is 4.41. The number of benzene rings is 2. The van der Waals surface area contributed by atoms with Crippen LogP contribution in [0.25, 0.3) is 0 Å². The molecule has 2 aromatic rings. The summed E-state index contributed by atoms with van der Waals surface area (Å²) in [6, 6.07) is 14.2. The molecule has 18 heavy (non-hydrogen) atoms. The van der Waals surface area contributed by atoms with E-state index < -0.39 is 0 Å². The first-order valence-electron chi connectivity index (χ1n) is 5.83. The van der Waals surface area contributed by atoms with Crippen molar-refractivity contribution in [3.8, 4) is 0 Å². The predicted octanol–water partition coefficient (Wildman–Crippen LogP) is 4.65. The van der Waals surface area contributed by atoms with Gasteiger partial charge in [-0.05, 0) is 58.1 Å². The number of rotatable bonds is 3. The first-order chi connectivity index (χ1) is 8.58. The molecule has 0 heterocycles. The summed E-state index contributed by atoms with van der Waals surface area (Å²) in [6.45, 7) is 2.11. The van der Waals surface area contributed by atoms with Crippen molar-refractivity contribution >= 4 is 27.5 Å². The molecule has 0 aliphatic carbocycles. The fourth-order valence-electron chi connectivity index (χ4n) is 1.94. The first kappa shape index (κ1) is 13.6. The van der Waals surface area contributed by atoms with Gasteiger partial charge in [-0.3, -0.25) is 0 Å². The summed E-state index contributed by atoms with van der Waals surface area (Å²) in [6.07, 6.45) is 0.834. The van der Waals surface area contributed by atoms with Crippen molar-refractivity contribution in [2.45, 2.75) is 19.4 Å². The molecule has 1 unspecified atom stereocenters. The third kappa shape index (κ3) is 3.14. The maximum absolute atomic E-state index is 6.25. The number of halogens is 2. The third-order valence-corrected chi connectivity index (χ3v) is 4.29. The first-order valence-corrected chi connectivity index (χ1v) is 7.00. The van der Waals surface area contributed by atoms with Crippen LogP contribution in [0.4, 0.5) is 0 Å². The summed E-state index contributed by atoms with van der Waals surface area (Å²) in [5.74, 6) is 0. The molecule has 94 valence electrons. The summed E-state index contributed by atoms with van der Waals surface area (Å²) < 4.78 is 0.891. The Balaban J connectivity index is 2.19. The minimum atomic E-state index is -0.0142. The smallest absolute Gasteiger partial charge is 0.0548 e. The molecule has 3 heteroatoms. The molecule has 0 saturated carbocycles. The molecule has 0 aliphatic rings. The van der Waals surface area contributed by atoms with Crippen LogP contribution >= 0.6 is 27.5 Å². The van der Waals surface area contributed by atoms with Crippen LogP contribution < -0.4 is 5.73 Å². The van der Waals surface area contributed by atoms with Gasteiger partial charge in [-0.1, -0.05) is 41.9 Å². The molecular formula is C15H15BrClN. The Morgan fingerprint density at radius 1 is 1.22 bits per heavy atom. The van der Waals surface area contributed by atoms with Gasteiger partial charge in [0.1, 0.15) is 0 Å². The lowest BCUT2D eigenvalue weighted by atomic mass is 9.97. The van der Waals surface area contributed by atoms with Crippen molar-refractivity contribution in [1.82, 2.24) is 0 Å². The number of nitrogens with two attached hydrogens (primary N) is 1. The molecule has 0 spiro atoms. The SMILES string of the molecule is Cc1ccccc1CC(N)c1ccc(Cl)c(Br)c1. The second-order valence-corrected chi connectivity index (χ2v) is 5.67. The molecule has 2 N–H and O–H groups in total. The van der Waals surface area contributed by atoms with Gasteiger partial charge in [0.15, 0.2) is 0 Å². The van der Waals surface area contributed by atoms with Crippen LogP contribution in [0.1, 0.15) is 22.7 Å². The van der Waals surface area contributed by atoms with E-state index in [1.165, 1.54) is 11.1 Å². The lowest BCUT2D eigenvalue weighted by Crippen LogP contribution is -2.14. The molecule has 1 nitrogen and oxygen atoms in total. The summed E-state index contributed by atoms with van der Waals surface area (Å²) in [5.41, 5.74) is 9.91. The summed E-state index contributed by atoms with van der Waals surface area (Å²) in [4.78, 5) is 0. The lowest BCUT2D eigenvalue weighted by Gasteiger charge is -2.14. The maximum Gasteiger partial charge on any atom is 0.0548 e. The minimum absolute atomic E-state index is 0.0142. The zero-order valence-corrected chi connectivity index (χ0v) is 12.5. The van der Waals surface area contributed by atoms with E-state index in [1.54, 1.807) is 0 Å². The highest BCUT2D eigenvalue weighted by Crippen LogP contribution is 2.27. The normalized spacial score (nSPS) is 12.4. The minimum Gasteiger partial charge on any atom is -0.324 e. The molecule has 0 radical (unpaired) electrons. The largest absolute Gasteiger partial charge is 0.324 e. The Bertz CT molecular complexity index is 554. The van der Waals surface area contributed by atoms with E-state index in [2.05, 4.69) is 35.0 Å². The van der Waals surface area contributed by atoms with Crippen molar-refractivity contribution in [3.05, 3.63) is 68.7 Å². The lowest BCUT2D eigenvalue weighted by molar-refractivity contribution is 0.718. The molecule has 2 aromatic carbocycles. The van der Waals surface area contributed by atoms with Crippen LogP contribution in [-0.2, 0) is 6.42 Å². The summed E-state index contributed by atoms with van der Waals surface area (Å²) in [7, 11) is 0. The van der Waals surface area contributed by atoms with Gasteiger partial charge in [-0.2, -0.15) is 0 Å². The predicted molar refractivity (Wildman–Crippen MR) is 81.0 cm³/mol. The monoisotopic (exact) mass is 323 g/mol. The number of hydrogen-bond donors (Lipinski definition) is 1. The Morgan fingerprint density at radius 2 is 1.94 bits per heavy atom. The van der Waals surface area contributed by atoms with E-state index in [1.807, 2.05) is 30.3 Å². The molecule has 0 aliphatic heterocycles. The van der Waals surface area contributed by atoms with Crippen molar-refractivity contribution in [3.63, 3.8) is 0 Å². The Morgan fingerprint density at radius 3 is 2.61 bits per heavy atom. The van der Waals surface area contributed by atoms with Gasteiger partial charge in [-0.25, -0.2) is 0 Å². The molecule has 0 aromatic heterocycles. The van der Waals surface area contributed by atoms with E-state index in [4.69, 9.17) is 17.3 Å². The number of aryl methyl sites for hydroxylation is 1. The van der Waals surface area contributed by atoms with Crippen LogP contribution in [0.2, 0.25) is 5.02 Å². The van der Waals surface area contributed by atoms with Gasteiger partial charge in [0.2, 0.25) is 0 Å². The van der Waals surface area contributed by atoms with Gasteiger partial charge >= 0.3 is 0 Å². The van der Waals surface area contributed by atoms with E-state index in [0.717, 1.165) is 16.5 Å². The molecule has 1 atom stereocenters. The highest BCUT2D eigenvalue weighted by atomic mass is 79.9. The van der Waals surface area contributed by atoms with Crippen molar-refractivity contribution in [2.24, 2.45) is 5.73 Å². The Labute approximate surface area is 121 Å². The highest BCUT2D eigenvalue weighted by Gasteiger charge is 2.10.